The topological polar surface area (TPSA) is 112 Å². The molecule has 6 amide bonds. The molecule has 0 aromatic heterocycles. The molecule has 1 saturated carbocycles. The van der Waals surface area contributed by atoms with Gasteiger partial charge in [0.25, 0.3) is 35.4 Å². The average molecular weight is 754 g/mol. The van der Waals surface area contributed by atoms with Gasteiger partial charge in [0, 0.05) is 51.5 Å². The van der Waals surface area contributed by atoms with Crippen molar-refractivity contribution in [1.82, 2.24) is 14.7 Å². The van der Waals surface area contributed by atoms with Gasteiger partial charge in [-0.2, -0.15) is 0 Å². The highest BCUT2D eigenvalue weighted by Gasteiger charge is 2.46. The summed E-state index contributed by atoms with van der Waals surface area (Å²) in [5, 5.41) is 0. The molecule has 7 rings (SSSR count). The fourth-order valence-corrected chi connectivity index (χ4v) is 7.45. The molecule has 6 aromatic rings. The van der Waals surface area contributed by atoms with Gasteiger partial charge in [-0.25, -0.2) is 0 Å². The third-order valence-electron chi connectivity index (χ3n) is 10.2. The summed E-state index contributed by atoms with van der Waals surface area (Å²) in [6.07, 6.45) is -0.0485. The van der Waals surface area contributed by atoms with Crippen molar-refractivity contribution in [3.8, 4) is 0 Å². The van der Waals surface area contributed by atoms with Crippen LogP contribution in [0.3, 0.4) is 0 Å². The minimum Gasteiger partial charge on any atom is -0.271 e. The molecule has 0 unspecified atom stereocenters. The molecule has 0 N–H and O–H groups in total. The Bertz CT molecular complexity index is 1930. The summed E-state index contributed by atoms with van der Waals surface area (Å²) in [7, 11) is 0. The molecule has 6 aromatic carbocycles. The van der Waals surface area contributed by atoms with Gasteiger partial charge in [0.05, 0.1) is 0 Å². The van der Waals surface area contributed by atoms with E-state index in [0.717, 1.165) is 0 Å². The van der Waals surface area contributed by atoms with E-state index in [2.05, 4.69) is 0 Å². The van der Waals surface area contributed by atoms with Gasteiger partial charge < -0.3 is 0 Å². The number of benzene rings is 6. The maximum atomic E-state index is 14.6. The Morgan fingerprint density at radius 1 is 0.263 bits per heavy atom. The number of imide groups is 3. The quantitative estimate of drug-likeness (QED) is 0.138. The zero-order chi connectivity index (χ0) is 39.7. The lowest BCUT2D eigenvalue weighted by atomic mass is 9.82. The van der Waals surface area contributed by atoms with Crippen molar-refractivity contribution >= 4 is 35.4 Å². The molecule has 1 aliphatic carbocycles. The smallest absolute Gasteiger partial charge is 0.260 e. The standard InChI is InChI=1S/C48H39N3O6/c52-43(34-19-7-1-8-20-34)49(44(53)35-21-9-2-10-22-35)40-31-41(50(45(54)36-23-11-3-12-24-36)46(55)37-25-13-4-14-26-37)33-42(32-40)51(47(56)38-27-15-5-16-28-38)48(57)39-29-17-6-18-30-39/h1-30,40-42H,31-33H2. The molecule has 282 valence electrons. The lowest BCUT2D eigenvalue weighted by Gasteiger charge is -2.45. The van der Waals surface area contributed by atoms with Crippen LogP contribution in [0, 0.1) is 0 Å². The number of amides is 6. The van der Waals surface area contributed by atoms with E-state index < -0.39 is 53.6 Å². The van der Waals surface area contributed by atoms with E-state index in [1.807, 2.05) is 0 Å². The summed E-state index contributed by atoms with van der Waals surface area (Å²) in [5.41, 5.74) is 1.48. The highest BCUT2D eigenvalue weighted by Crippen LogP contribution is 2.35. The summed E-state index contributed by atoms with van der Waals surface area (Å²) in [4.78, 5) is 91.4. The molecule has 1 fully saturated rings. The molecule has 0 spiro atoms. The molecule has 9 heteroatoms. The molecule has 0 saturated heterocycles. The normalized spacial score (nSPS) is 16.1. The van der Waals surface area contributed by atoms with Crippen molar-refractivity contribution in [1.29, 1.82) is 0 Å². The minimum absolute atomic E-state index is 0.0162. The van der Waals surface area contributed by atoms with Gasteiger partial charge in [-0.15, -0.1) is 0 Å². The van der Waals surface area contributed by atoms with Gasteiger partial charge in [0.1, 0.15) is 0 Å². The molecular formula is C48H39N3O6. The Kier molecular flexibility index (Phi) is 11.7. The van der Waals surface area contributed by atoms with Gasteiger partial charge in [-0.3, -0.25) is 43.5 Å². The largest absolute Gasteiger partial charge is 0.271 e. The number of nitrogens with zero attached hydrogens (tertiary/aromatic N) is 3. The van der Waals surface area contributed by atoms with Crippen LogP contribution in [0.4, 0.5) is 0 Å². The van der Waals surface area contributed by atoms with Crippen LogP contribution in [0.1, 0.15) is 81.4 Å². The zero-order valence-electron chi connectivity index (χ0n) is 31.0. The lowest BCUT2D eigenvalue weighted by molar-refractivity contribution is 0.0232. The van der Waals surface area contributed by atoms with Crippen molar-refractivity contribution in [2.24, 2.45) is 0 Å². The molecule has 57 heavy (non-hydrogen) atoms. The first-order chi connectivity index (χ1) is 27.8. The van der Waals surface area contributed by atoms with E-state index in [-0.39, 0.29) is 52.6 Å². The summed E-state index contributed by atoms with van der Waals surface area (Å²) >= 11 is 0. The first-order valence-electron chi connectivity index (χ1n) is 18.8. The Morgan fingerprint density at radius 2 is 0.404 bits per heavy atom. The van der Waals surface area contributed by atoms with Crippen LogP contribution in [0.2, 0.25) is 0 Å². The van der Waals surface area contributed by atoms with Crippen molar-refractivity contribution in [2.75, 3.05) is 0 Å². The molecule has 0 radical (unpaired) electrons. The lowest BCUT2D eigenvalue weighted by Crippen LogP contribution is -2.59. The molecule has 0 aliphatic heterocycles. The van der Waals surface area contributed by atoms with Gasteiger partial charge in [0.2, 0.25) is 0 Å². The Hall–Kier alpha value is -7.26. The van der Waals surface area contributed by atoms with Crippen molar-refractivity contribution in [3.63, 3.8) is 0 Å². The highest BCUT2D eigenvalue weighted by atomic mass is 16.2. The number of hydrogen-bond acceptors (Lipinski definition) is 6. The second kappa shape index (κ2) is 17.5. The van der Waals surface area contributed by atoms with E-state index in [1.54, 1.807) is 182 Å². The first-order valence-corrected chi connectivity index (χ1v) is 18.8. The predicted octanol–water partition coefficient (Wildman–Crippen LogP) is 8.22. The average Bonchev–Trinajstić information content (AvgIpc) is 3.28. The summed E-state index contributed by atoms with van der Waals surface area (Å²) < 4.78 is 0. The van der Waals surface area contributed by atoms with Crippen molar-refractivity contribution in [3.05, 3.63) is 215 Å². The SMILES string of the molecule is O=C(c1ccccc1)N(C(=O)c1ccccc1)C1CC(N(C(=O)c2ccccc2)C(=O)c2ccccc2)CC(N(C(=O)c2ccccc2)C(=O)c2ccccc2)C1. The van der Waals surface area contributed by atoms with Crippen LogP contribution in [-0.2, 0) is 0 Å². The van der Waals surface area contributed by atoms with E-state index in [1.165, 1.54) is 14.7 Å². The van der Waals surface area contributed by atoms with E-state index in [4.69, 9.17) is 0 Å². The summed E-state index contributed by atoms with van der Waals surface area (Å²) in [5.74, 6) is -3.59. The molecule has 9 nitrogen and oxygen atoms in total. The van der Waals surface area contributed by atoms with Crippen LogP contribution < -0.4 is 0 Å². The molecular weight excluding hydrogens is 715 g/mol. The van der Waals surface area contributed by atoms with Gasteiger partial charge in [-0.1, -0.05) is 109 Å². The Morgan fingerprint density at radius 3 is 0.544 bits per heavy atom. The summed E-state index contributed by atoms with van der Waals surface area (Å²) in [6.45, 7) is 0. The minimum atomic E-state index is -0.988. The van der Waals surface area contributed by atoms with Gasteiger partial charge in [0.15, 0.2) is 0 Å². The maximum absolute atomic E-state index is 14.6. The fourth-order valence-electron chi connectivity index (χ4n) is 7.45. The number of rotatable bonds is 9. The summed E-state index contributed by atoms with van der Waals surface area (Å²) in [6, 6.07) is 47.3. The third-order valence-corrected chi connectivity index (χ3v) is 10.2. The van der Waals surface area contributed by atoms with E-state index >= 15 is 0 Å². The second-order valence-electron chi connectivity index (χ2n) is 13.8. The molecule has 0 atom stereocenters. The number of carbonyl (C=O) groups excluding carboxylic acids is 6. The molecule has 1 aliphatic rings. The third kappa shape index (κ3) is 8.38. The van der Waals surface area contributed by atoms with Crippen LogP contribution in [0.15, 0.2) is 182 Å². The van der Waals surface area contributed by atoms with Crippen LogP contribution in [-0.4, -0.2) is 68.3 Å². The van der Waals surface area contributed by atoms with Crippen LogP contribution in [0.5, 0.6) is 0 Å². The second-order valence-corrected chi connectivity index (χ2v) is 13.8. The monoisotopic (exact) mass is 753 g/mol. The fraction of sp³-hybridized carbons (Fsp3) is 0.125. The maximum Gasteiger partial charge on any atom is 0.260 e. The van der Waals surface area contributed by atoms with Crippen molar-refractivity contribution in [2.45, 2.75) is 37.4 Å². The predicted molar refractivity (Wildman–Crippen MR) is 215 cm³/mol. The van der Waals surface area contributed by atoms with Crippen molar-refractivity contribution < 1.29 is 28.8 Å². The Labute approximate surface area is 330 Å². The molecule has 0 bridgehead atoms. The first kappa shape index (κ1) is 38.0. The Balaban J connectivity index is 1.41. The number of carbonyl (C=O) groups is 6. The van der Waals surface area contributed by atoms with Gasteiger partial charge >= 0.3 is 0 Å². The van der Waals surface area contributed by atoms with Crippen LogP contribution >= 0.6 is 0 Å². The zero-order valence-corrected chi connectivity index (χ0v) is 31.0. The van der Waals surface area contributed by atoms with Crippen LogP contribution in [0.25, 0.3) is 0 Å². The van der Waals surface area contributed by atoms with E-state index in [0.29, 0.717) is 0 Å². The van der Waals surface area contributed by atoms with E-state index in [9.17, 15) is 28.8 Å². The van der Waals surface area contributed by atoms with Gasteiger partial charge in [-0.05, 0) is 92.1 Å². The number of hydrogen-bond donors (Lipinski definition) is 0. The molecule has 0 heterocycles. The highest BCUT2D eigenvalue weighted by molar-refractivity contribution is 6.13.